The van der Waals surface area contributed by atoms with E-state index in [2.05, 4.69) is 8.85 Å². The van der Waals surface area contributed by atoms with E-state index in [1.54, 1.807) is 0 Å². The van der Waals surface area contributed by atoms with Crippen LogP contribution in [0, 0.1) is 0 Å². The summed E-state index contributed by atoms with van der Waals surface area (Å²) in [6, 6.07) is 0. The van der Waals surface area contributed by atoms with Crippen molar-refractivity contribution in [1.82, 2.24) is 0 Å². The highest BCUT2D eigenvalue weighted by atomic mass is 28.3. The fourth-order valence-electron chi connectivity index (χ4n) is 0.836. The second kappa shape index (κ2) is 7.81. The SMILES string of the molecule is O=C(CCCCC(=O)O[Si](=O)O)O[Si](=O)O. The van der Waals surface area contributed by atoms with Gasteiger partial charge in [-0.3, -0.25) is 18.5 Å². The van der Waals surface area contributed by atoms with Crippen molar-refractivity contribution in [3.8, 4) is 0 Å². The molecule has 0 aliphatic heterocycles. The van der Waals surface area contributed by atoms with Gasteiger partial charge in [-0.15, -0.1) is 0 Å². The van der Waals surface area contributed by atoms with Crippen LogP contribution in [-0.2, 0) is 27.4 Å². The average molecular weight is 266 g/mol. The van der Waals surface area contributed by atoms with Crippen molar-refractivity contribution in [2.45, 2.75) is 25.7 Å². The van der Waals surface area contributed by atoms with Crippen LogP contribution in [-0.4, -0.2) is 39.9 Å². The van der Waals surface area contributed by atoms with E-state index in [-0.39, 0.29) is 25.7 Å². The van der Waals surface area contributed by atoms with Crippen molar-refractivity contribution in [3.05, 3.63) is 0 Å². The summed E-state index contributed by atoms with van der Waals surface area (Å²) in [5.41, 5.74) is 0. The first kappa shape index (κ1) is 14.6. The number of hydrogen-bond donors (Lipinski definition) is 2. The van der Waals surface area contributed by atoms with Gasteiger partial charge in [-0.05, 0) is 12.8 Å². The van der Waals surface area contributed by atoms with Crippen LogP contribution in [0.2, 0.25) is 0 Å². The third-order valence-corrected chi connectivity index (χ3v) is 2.22. The molecule has 0 aromatic rings. The lowest BCUT2D eigenvalue weighted by molar-refractivity contribution is -0.138. The van der Waals surface area contributed by atoms with Crippen molar-refractivity contribution in [2.75, 3.05) is 0 Å². The average Bonchev–Trinajstić information content (AvgIpc) is 2.10. The normalized spacial score (nSPS) is 9.25. The van der Waals surface area contributed by atoms with Crippen molar-refractivity contribution >= 4 is 30.3 Å². The Balaban J connectivity index is 3.53. The van der Waals surface area contributed by atoms with Gasteiger partial charge in [-0.1, -0.05) is 0 Å². The lowest BCUT2D eigenvalue weighted by atomic mass is 10.2. The number of hydrogen-bond acceptors (Lipinski definition) is 6. The largest absolute Gasteiger partial charge is 0.772 e. The predicted molar refractivity (Wildman–Crippen MR) is 48.0 cm³/mol. The van der Waals surface area contributed by atoms with Gasteiger partial charge in [-0.25, -0.2) is 0 Å². The highest BCUT2D eigenvalue weighted by Crippen LogP contribution is 2.02. The quantitative estimate of drug-likeness (QED) is 0.418. The summed E-state index contributed by atoms with van der Waals surface area (Å²) in [7, 11) is -6.53. The van der Waals surface area contributed by atoms with Gasteiger partial charge in [0.2, 0.25) is 0 Å². The standard InChI is InChI=1S/C6H10O8Si2/c7-5(13-15(9)10)3-1-2-4-6(8)14-16(11)12/h9,11H,1-4H2. The molecule has 2 N–H and O–H groups in total. The molecule has 0 spiro atoms. The molecule has 0 unspecified atom stereocenters. The Labute approximate surface area is 93.6 Å². The van der Waals surface area contributed by atoms with Gasteiger partial charge in [-0.2, -0.15) is 0 Å². The zero-order valence-corrected chi connectivity index (χ0v) is 10.2. The highest BCUT2D eigenvalue weighted by molar-refractivity contribution is 6.28. The topological polar surface area (TPSA) is 127 Å². The molecule has 0 fully saturated rings. The predicted octanol–water partition coefficient (Wildman–Crippen LogP) is -1.55. The Morgan fingerprint density at radius 2 is 1.19 bits per heavy atom. The molecule has 0 aliphatic rings. The second-order valence-corrected chi connectivity index (χ2v) is 4.16. The number of carbonyl (C=O) groups excluding carboxylic acids is 2. The third-order valence-electron chi connectivity index (χ3n) is 1.41. The maximum absolute atomic E-state index is 10.7. The molecule has 0 heterocycles. The summed E-state index contributed by atoms with van der Waals surface area (Å²) >= 11 is 0. The molecule has 0 aromatic carbocycles. The van der Waals surface area contributed by atoms with Crippen LogP contribution < -0.4 is 0 Å². The van der Waals surface area contributed by atoms with Gasteiger partial charge >= 0.3 is 30.3 Å². The van der Waals surface area contributed by atoms with Crippen LogP contribution in [0.5, 0.6) is 0 Å². The lowest BCUT2D eigenvalue weighted by Crippen LogP contribution is -2.14. The van der Waals surface area contributed by atoms with Crippen molar-refractivity contribution in [1.29, 1.82) is 0 Å². The van der Waals surface area contributed by atoms with Crippen molar-refractivity contribution in [2.24, 2.45) is 0 Å². The number of carbonyl (C=O) groups is 2. The van der Waals surface area contributed by atoms with E-state index in [1.165, 1.54) is 0 Å². The number of rotatable bonds is 7. The zero-order valence-electron chi connectivity index (χ0n) is 8.17. The fourth-order valence-corrected chi connectivity index (χ4v) is 1.43. The van der Waals surface area contributed by atoms with Crippen molar-refractivity contribution in [3.63, 3.8) is 0 Å². The monoisotopic (exact) mass is 266 g/mol. The Kier molecular flexibility index (Phi) is 7.12. The smallest absolute Gasteiger partial charge is 0.511 e. The first-order valence-corrected chi connectivity index (χ1v) is 6.81. The van der Waals surface area contributed by atoms with E-state index in [1.807, 2.05) is 0 Å². The molecule has 0 radical (unpaired) electrons. The summed E-state index contributed by atoms with van der Waals surface area (Å²) in [6.45, 7) is 0. The zero-order chi connectivity index (χ0) is 12.6. The van der Waals surface area contributed by atoms with Gasteiger partial charge in [0.25, 0.3) is 0 Å². The number of unbranched alkanes of at least 4 members (excludes halogenated alkanes) is 1. The van der Waals surface area contributed by atoms with Gasteiger partial charge in [0.1, 0.15) is 0 Å². The van der Waals surface area contributed by atoms with E-state index >= 15 is 0 Å². The van der Waals surface area contributed by atoms with Crippen LogP contribution in [0.1, 0.15) is 25.7 Å². The second-order valence-electron chi connectivity index (χ2n) is 2.69. The lowest BCUT2D eigenvalue weighted by Gasteiger charge is -1.99. The fraction of sp³-hybridized carbons (Fsp3) is 0.667. The molecule has 0 rings (SSSR count). The molecule has 0 saturated carbocycles. The van der Waals surface area contributed by atoms with Gasteiger partial charge in [0, 0.05) is 12.8 Å². The Hall–Kier alpha value is -1.43. The van der Waals surface area contributed by atoms with E-state index < -0.39 is 30.3 Å². The van der Waals surface area contributed by atoms with E-state index in [9.17, 15) is 18.5 Å². The molecule has 0 amide bonds. The minimum absolute atomic E-state index is 0.0987. The van der Waals surface area contributed by atoms with Crippen LogP contribution in [0.15, 0.2) is 0 Å². The molecule has 10 heteroatoms. The highest BCUT2D eigenvalue weighted by Gasteiger charge is 2.14. The summed E-state index contributed by atoms with van der Waals surface area (Å²) < 4.78 is 28.1. The maximum Gasteiger partial charge on any atom is 0.772 e. The summed E-state index contributed by atoms with van der Waals surface area (Å²) in [5.74, 6) is -1.65. The third kappa shape index (κ3) is 9.14. The molecule has 0 saturated heterocycles. The Bertz CT molecular complexity index is 271. The first-order valence-electron chi connectivity index (χ1n) is 4.29. The minimum Gasteiger partial charge on any atom is -0.511 e. The molecule has 0 aliphatic carbocycles. The molecular weight excluding hydrogens is 256 g/mol. The van der Waals surface area contributed by atoms with Gasteiger partial charge in [0.05, 0.1) is 0 Å². The molecule has 90 valence electrons. The van der Waals surface area contributed by atoms with Crippen LogP contribution >= 0.6 is 0 Å². The summed E-state index contributed by atoms with van der Waals surface area (Å²) in [5, 5.41) is 0. The first-order chi connectivity index (χ1) is 7.41. The minimum atomic E-state index is -3.26. The van der Waals surface area contributed by atoms with Crippen LogP contribution in [0.3, 0.4) is 0 Å². The molecule has 0 aromatic heterocycles. The maximum atomic E-state index is 10.7. The molecular formula is C6H10O8Si2. The van der Waals surface area contributed by atoms with Crippen molar-refractivity contribution < 1.29 is 37.0 Å². The summed E-state index contributed by atoms with van der Waals surface area (Å²) in [4.78, 5) is 37.9. The van der Waals surface area contributed by atoms with E-state index in [4.69, 9.17) is 9.59 Å². The van der Waals surface area contributed by atoms with Gasteiger partial charge < -0.3 is 18.4 Å². The Morgan fingerprint density at radius 1 is 0.875 bits per heavy atom. The van der Waals surface area contributed by atoms with Crippen LogP contribution in [0.4, 0.5) is 0 Å². The Morgan fingerprint density at radius 3 is 1.44 bits per heavy atom. The summed E-state index contributed by atoms with van der Waals surface area (Å²) in [6.07, 6.45) is 0.321. The van der Waals surface area contributed by atoms with Crippen LogP contribution in [0.25, 0.3) is 0 Å². The van der Waals surface area contributed by atoms with E-state index in [0.29, 0.717) is 0 Å². The molecule has 16 heavy (non-hydrogen) atoms. The van der Waals surface area contributed by atoms with E-state index in [0.717, 1.165) is 0 Å². The van der Waals surface area contributed by atoms with Gasteiger partial charge in [0.15, 0.2) is 0 Å². The molecule has 0 atom stereocenters. The molecule has 8 nitrogen and oxygen atoms in total. The molecule has 0 bridgehead atoms.